The molecule has 0 spiro atoms. The summed E-state index contributed by atoms with van der Waals surface area (Å²) >= 11 is 9.98. The van der Waals surface area contributed by atoms with E-state index in [9.17, 15) is 8.42 Å². The number of sulfonamides is 1. The third-order valence-electron chi connectivity index (χ3n) is 1.96. The Hall–Kier alpha value is -0.830. The zero-order chi connectivity index (χ0) is 13.3. The Morgan fingerprint density at radius 1 is 1.50 bits per heavy atom. The molecule has 2 rings (SSSR count). The molecule has 0 unspecified atom stereocenters. The first-order valence-corrected chi connectivity index (χ1v) is 8.05. The number of hydrogen-bond donors (Lipinski definition) is 2. The first-order chi connectivity index (χ1) is 8.40. The van der Waals surface area contributed by atoms with Crippen LogP contribution in [0.2, 0.25) is 5.02 Å². The summed E-state index contributed by atoms with van der Waals surface area (Å²) in [6.45, 7) is 0. The molecule has 0 aliphatic rings. The van der Waals surface area contributed by atoms with Crippen molar-refractivity contribution in [1.82, 2.24) is 4.98 Å². The molecule has 2 aromatic rings. The first-order valence-electron chi connectivity index (χ1n) is 4.58. The summed E-state index contributed by atoms with van der Waals surface area (Å²) in [4.78, 5) is 3.86. The van der Waals surface area contributed by atoms with Gasteiger partial charge < -0.3 is 5.73 Å². The van der Waals surface area contributed by atoms with Crippen LogP contribution in [0.15, 0.2) is 32.4 Å². The number of pyridine rings is 1. The number of nitrogens with one attached hydrogen (secondary N) is 1. The van der Waals surface area contributed by atoms with Gasteiger partial charge in [-0.25, -0.2) is 13.4 Å². The standard InChI is InChI=1S/C9H7BrClN3O2S2/c10-8-5(11)4-7(17-8)18(15,16)14-9-6(12)2-1-3-13-9/h1-4H,12H2,(H,13,14). The van der Waals surface area contributed by atoms with Gasteiger partial charge in [-0.3, -0.25) is 4.72 Å². The molecule has 0 aliphatic carbocycles. The van der Waals surface area contributed by atoms with E-state index in [0.29, 0.717) is 8.81 Å². The van der Waals surface area contributed by atoms with Crippen LogP contribution in [0.5, 0.6) is 0 Å². The fourth-order valence-corrected chi connectivity index (χ4v) is 4.58. The highest BCUT2D eigenvalue weighted by molar-refractivity contribution is 9.11. The zero-order valence-corrected chi connectivity index (χ0v) is 12.7. The zero-order valence-electron chi connectivity index (χ0n) is 8.72. The molecule has 2 aromatic heterocycles. The molecule has 0 atom stereocenters. The lowest BCUT2D eigenvalue weighted by atomic mass is 10.4. The van der Waals surface area contributed by atoms with Crippen LogP contribution < -0.4 is 10.5 Å². The number of anilines is 2. The molecule has 9 heteroatoms. The van der Waals surface area contributed by atoms with Crippen molar-refractivity contribution in [1.29, 1.82) is 0 Å². The Kier molecular flexibility index (Phi) is 3.81. The molecule has 96 valence electrons. The van der Waals surface area contributed by atoms with Crippen LogP contribution in [0.3, 0.4) is 0 Å². The average molecular weight is 369 g/mol. The van der Waals surface area contributed by atoms with Gasteiger partial charge in [-0.05, 0) is 34.1 Å². The molecule has 0 fully saturated rings. The molecule has 0 saturated heterocycles. The predicted molar refractivity (Wildman–Crippen MR) is 76.5 cm³/mol. The van der Waals surface area contributed by atoms with Crippen LogP contribution in [-0.4, -0.2) is 13.4 Å². The van der Waals surface area contributed by atoms with E-state index in [0.717, 1.165) is 11.3 Å². The first kappa shape index (κ1) is 13.6. The summed E-state index contributed by atoms with van der Waals surface area (Å²) in [7, 11) is -3.73. The SMILES string of the molecule is Nc1cccnc1NS(=O)(=O)c1cc(Cl)c(Br)s1. The summed E-state index contributed by atoms with van der Waals surface area (Å²) in [5.74, 6) is 0.0955. The normalized spacial score (nSPS) is 11.4. The number of hydrogen-bond acceptors (Lipinski definition) is 5. The van der Waals surface area contributed by atoms with Crippen molar-refractivity contribution in [3.8, 4) is 0 Å². The smallest absolute Gasteiger partial charge is 0.272 e. The second-order valence-corrected chi connectivity index (χ2v) is 7.92. The van der Waals surface area contributed by atoms with Gasteiger partial charge in [0.25, 0.3) is 10.0 Å². The van der Waals surface area contributed by atoms with Crippen molar-refractivity contribution in [3.63, 3.8) is 0 Å². The molecule has 3 N–H and O–H groups in total. The third kappa shape index (κ3) is 2.77. The number of nitrogens with zero attached hydrogens (tertiary/aromatic N) is 1. The van der Waals surface area contributed by atoms with E-state index in [1.54, 1.807) is 12.1 Å². The van der Waals surface area contributed by atoms with Crippen LogP contribution in [-0.2, 0) is 10.0 Å². The van der Waals surface area contributed by atoms with Crippen LogP contribution >= 0.6 is 38.9 Å². The van der Waals surface area contributed by atoms with Crippen molar-refractivity contribution in [2.45, 2.75) is 4.21 Å². The Morgan fingerprint density at radius 2 is 2.22 bits per heavy atom. The summed E-state index contributed by atoms with van der Waals surface area (Å²) in [6.07, 6.45) is 1.45. The van der Waals surface area contributed by atoms with E-state index < -0.39 is 10.0 Å². The Morgan fingerprint density at radius 3 is 2.78 bits per heavy atom. The summed E-state index contributed by atoms with van der Waals surface area (Å²) in [5.41, 5.74) is 5.87. The average Bonchev–Trinajstić information content (AvgIpc) is 2.63. The van der Waals surface area contributed by atoms with Gasteiger partial charge in [0, 0.05) is 6.20 Å². The lowest BCUT2D eigenvalue weighted by Crippen LogP contribution is -2.13. The number of nitrogen functional groups attached to an aromatic ring is 1. The Labute approximate surface area is 121 Å². The molecule has 0 amide bonds. The molecule has 0 aromatic carbocycles. The van der Waals surface area contributed by atoms with Gasteiger partial charge in [0.05, 0.1) is 14.5 Å². The highest BCUT2D eigenvalue weighted by atomic mass is 79.9. The van der Waals surface area contributed by atoms with E-state index in [4.69, 9.17) is 17.3 Å². The van der Waals surface area contributed by atoms with Gasteiger partial charge in [-0.1, -0.05) is 11.6 Å². The fraction of sp³-hybridized carbons (Fsp3) is 0. The van der Waals surface area contributed by atoms with Gasteiger partial charge in [0.15, 0.2) is 5.82 Å². The molecular weight excluding hydrogens is 362 g/mol. The maximum Gasteiger partial charge on any atom is 0.272 e. The lowest BCUT2D eigenvalue weighted by molar-refractivity contribution is 0.603. The van der Waals surface area contributed by atoms with E-state index >= 15 is 0 Å². The maximum absolute atomic E-state index is 12.0. The van der Waals surface area contributed by atoms with Crippen molar-refractivity contribution >= 4 is 60.4 Å². The molecule has 0 aliphatic heterocycles. The fourth-order valence-electron chi connectivity index (χ4n) is 1.14. The molecular formula is C9H7BrClN3O2S2. The minimum Gasteiger partial charge on any atom is -0.396 e. The molecule has 0 radical (unpaired) electrons. The number of halogens is 2. The van der Waals surface area contributed by atoms with Crippen LogP contribution in [0, 0.1) is 0 Å². The van der Waals surface area contributed by atoms with Crippen molar-refractivity contribution in [2.75, 3.05) is 10.5 Å². The van der Waals surface area contributed by atoms with E-state index in [1.807, 2.05) is 0 Å². The third-order valence-corrected chi connectivity index (χ3v) is 6.24. The van der Waals surface area contributed by atoms with Crippen molar-refractivity contribution in [3.05, 3.63) is 33.2 Å². The van der Waals surface area contributed by atoms with E-state index in [-0.39, 0.29) is 15.7 Å². The van der Waals surface area contributed by atoms with Crippen LogP contribution in [0.25, 0.3) is 0 Å². The van der Waals surface area contributed by atoms with E-state index in [1.165, 1.54) is 12.3 Å². The van der Waals surface area contributed by atoms with Crippen LogP contribution in [0.4, 0.5) is 11.5 Å². The minimum absolute atomic E-state index is 0.0874. The number of aromatic nitrogens is 1. The van der Waals surface area contributed by atoms with Gasteiger partial charge in [-0.15, -0.1) is 11.3 Å². The lowest BCUT2D eigenvalue weighted by Gasteiger charge is -2.06. The Balaban J connectivity index is 2.36. The molecule has 18 heavy (non-hydrogen) atoms. The molecule has 0 bridgehead atoms. The van der Waals surface area contributed by atoms with Gasteiger partial charge >= 0.3 is 0 Å². The summed E-state index contributed by atoms with van der Waals surface area (Å²) < 4.78 is 27.0. The number of thiophene rings is 1. The number of rotatable bonds is 3. The predicted octanol–water partition coefficient (Wildman–Crippen LogP) is 2.94. The summed E-state index contributed by atoms with van der Waals surface area (Å²) in [5, 5.41) is 0.342. The van der Waals surface area contributed by atoms with Crippen LogP contribution in [0.1, 0.15) is 0 Å². The van der Waals surface area contributed by atoms with Gasteiger partial charge in [0.2, 0.25) is 0 Å². The molecule has 5 nitrogen and oxygen atoms in total. The second kappa shape index (κ2) is 5.04. The molecule has 2 heterocycles. The van der Waals surface area contributed by atoms with Gasteiger partial charge in [0.1, 0.15) is 4.21 Å². The largest absolute Gasteiger partial charge is 0.396 e. The monoisotopic (exact) mass is 367 g/mol. The second-order valence-electron chi connectivity index (χ2n) is 3.23. The van der Waals surface area contributed by atoms with Crippen molar-refractivity contribution < 1.29 is 8.42 Å². The number of nitrogens with two attached hydrogens (primary N) is 1. The topological polar surface area (TPSA) is 85.1 Å². The highest BCUT2D eigenvalue weighted by Crippen LogP contribution is 2.35. The Bertz CT molecular complexity index is 667. The van der Waals surface area contributed by atoms with Gasteiger partial charge in [-0.2, -0.15) is 0 Å². The highest BCUT2D eigenvalue weighted by Gasteiger charge is 2.20. The maximum atomic E-state index is 12.0. The molecule has 0 saturated carbocycles. The van der Waals surface area contributed by atoms with E-state index in [2.05, 4.69) is 25.6 Å². The van der Waals surface area contributed by atoms with Crippen molar-refractivity contribution in [2.24, 2.45) is 0 Å². The quantitative estimate of drug-likeness (QED) is 0.872. The summed E-state index contributed by atoms with van der Waals surface area (Å²) in [6, 6.07) is 4.53. The minimum atomic E-state index is -3.73.